The molecule has 1 aliphatic heterocycles. The molecule has 1 aromatic carbocycles. The van der Waals surface area contributed by atoms with Crippen LogP contribution in [-0.4, -0.2) is 18.9 Å². The largest absolute Gasteiger partial charge is 0.317 e. The van der Waals surface area contributed by atoms with Crippen molar-refractivity contribution in [3.63, 3.8) is 0 Å². The molecule has 1 N–H and O–H groups in total. The molecule has 0 saturated carbocycles. The fourth-order valence-electron chi connectivity index (χ4n) is 2.02. The van der Waals surface area contributed by atoms with Gasteiger partial charge in [-0.25, -0.2) is 0 Å². The maximum atomic E-state index is 12.3. The van der Waals surface area contributed by atoms with E-state index in [1.807, 2.05) is 0 Å². The Bertz CT molecular complexity index is 442. The predicted molar refractivity (Wildman–Crippen MR) is 71.4 cm³/mol. The van der Waals surface area contributed by atoms with E-state index in [9.17, 15) is 4.79 Å². The number of benzene rings is 1. The van der Waals surface area contributed by atoms with E-state index >= 15 is 0 Å². The summed E-state index contributed by atoms with van der Waals surface area (Å²) in [5, 5.41) is 4.12. The van der Waals surface area contributed by atoms with Crippen LogP contribution in [0.3, 0.4) is 0 Å². The quantitative estimate of drug-likeness (QED) is 0.663. The summed E-state index contributed by atoms with van der Waals surface area (Å²) in [6.45, 7) is 1.74. The molecule has 0 bridgehead atoms. The lowest BCUT2D eigenvalue weighted by molar-refractivity contribution is 0.0895. The minimum atomic E-state index is 0.0333. The Balaban J connectivity index is 2.27. The maximum absolute atomic E-state index is 12.3. The molecule has 5 heteroatoms. The Labute approximate surface area is 115 Å². The molecule has 0 aromatic heterocycles. The molecule has 1 aromatic rings. The van der Waals surface area contributed by atoms with E-state index in [4.69, 9.17) is 34.8 Å². The monoisotopic (exact) mass is 291 g/mol. The van der Waals surface area contributed by atoms with E-state index in [-0.39, 0.29) is 21.7 Å². The van der Waals surface area contributed by atoms with E-state index in [0.29, 0.717) is 10.6 Å². The lowest BCUT2D eigenvalue weighted by Gasteiger charge is -2.22. The van der Waals surface area contributed by atoms with E-state index in [1.165, 1.54) is 0 Å². The van der Waals surface area contributed by atoms with Crippen LogP contribution in [0.1, 0.15) is 23.2 Å². The SMILES string of the molecule is O=C(c1ccc(Cl)c(Cl)c1Cl)C1CCNCC1. The number of rotatable bonds is 2. The van der Waals surface area contributed by atoms with Gasteiger partial charge < -0.3 is 5.32 Å². The molecule has 2 nitrogen and oxygen atoms in total. The first-order valence-electron chi connectivity index (χ1n) is 5.49. The first-order chi connectivity index (χ1) is 8.11. The molecule has 0 aliphatic carbocycles. The number of carbonyl (C=O) groups excluding carboxylic acids is 1. The molecule has 1 fully saturated rings. The van der Waals surface area contributed by atoms with E-state index in [0.717, 1.165) is 25.9 Å². The van der Waals surface area contributed by atoms with Gasteiger partial charge in [-0.05, 0) is 38.1 Å². The van der Waals surface area contributed by atoms with Gasteiger partial charge in [0.1, 0.15) is 0 Å². The summed E-state index contributed by atoms with van der Waals surface area (Å²) >= 11 is 17.8. The van der Waals surface area contributed by atoms with Crippen molar-refractivity contribution in [2.75, 3.05) is 13.1 Å². The minimum absolute atomic E-state index is 0.0333. The molecule has 0 atom stereocenters. The third-order valence-electron chi connectivity index (χ3n) is 3.01. The number of halogens is 3. The second-order valence-electron chi connectivity index (χ2n) is 4.11. The third kappa shape index (κ3) is 2.76. The average Bonchev–Trinajstić information content (AvgIpc) is 2.36. The predicted octanol–water partition coefficient (Wildman–Crippen LogP) is 3.83. The Morgan fingerprint density at radius 3 is 2.41 bits per heavy atom. The Morgan fingerprint density at radius 1 is 1.12 bits per heavy atom. The number of ketones is 1. The molecular weight excluding hydrogens is 280 g/mol. The summed E-state index contributed by atoms with van der Waals surface area (Å²) in [7, 11) is 0. The fraction of sp³-hybridized carbons (Fsp3) is 0.417. The van der Waals surface area contributed by atoms with Crippen molar-refractivity contribution in [1.82, 2.24) is 5.32 Å². The minimum Gasteiger partial charge on any atom is -0.317 e. The van der Waals surface area contributed by atoms with Crippen molar-refractivity contribution < 1.29 is 4.79 Å². The third-order valence-corrected chi connectivity index (χ3v) is 4.30. The Kier molecular flexibility index (Phi) is 4.31. The zero-order valence-electron chi connectivity index (χ0n) is 9.10. The highest BCUT2D eigenvalue weighted by Gasteiger charge is 2.25. The van der Waals surface area contributed by atoms with Gasteiger partial charge in [0.05, 0.1) is 15.1 Å². The normalized spacial score (nSPS) is 17.1. The Morgan fingerprint density at radius 2 is 1.76 bits per heavy atom. The summed E-state index contributed by atoms with van der Waals surface area (Å²) in [4.78, 5) is 12.3. The first-order valence-corrected chi connectivity index (χ1v) is 6.63. The summed E-state index contributed by atoms with van der Waals surface area (Å²) in [6, 6.07) is 3.27. The average molecular weight is 293 g/mol. The molecule has 0 radical (unpaired) electrons. The summed E-state index contributed by atoms with van der Waals surface area (Å²) in [6.07, 6.45) is 1.69. The standard InChI is InChI=1S/C12H12Cl3NO/c13-9-2-1-8(10(14)11(9)15)12(17)7-3-5-16-6-4-7/h1-2,7,16H,3-6H2. The molecule has 1 heterocycles. The van der Waals surface area contributed by atoms with Gasteiger partial charge in [-0.3, -0.25) is 4.79 Å². The van der Waals surface area contributed by atoms with Crippen LogP contribution in [-0.2, 0) is 0 Å². The number of piperidine rings is 1. The van der Waals surface area contributed by atoms with Crippen molar-refractivity contribution in [2.24, 2.45) is 5.92 Å². The van der Waals surface area contributed by atoms with Crippen molar-refractivity contribution >= 4 is 40.6 Å². The fourth-order valence-corrected chi connectivity index (χ4v) is 2.65. The van der Waals surface area contributed by atoms with Crippen LogP contribution < -0.4 is 5.32 Å². The molecule has 0 unspecified atom stereocenters. The first kappa shape index (κ1) is 13.2. The number of nitrogens with one attached hydrogen (secondary N) is 1. The number of Topliss-reactive ketones (excluding diaryl/α,β-unsaturated/α-hetero) is 1. The van der Waals surface area contributed by atoms with Gasteiger partial charge in [-0.15, -0.1) is 0 Å². The maximum Gasteiger partial charge on any atom is 0.167 e. The number of hydrogen-bond donors (Lipinski definition) is 1. The van der Waals surface area contributed by atoms with Crippen LogP contribution >= 0.6 is 34.8 Å². The molecular formula is C12H12Cl3NO. The molecule has 2 rings (SSSR count). The van der Waals surface area contributed by atoms with Crippen LogP contribution in [0.25, 0.3) is 0 Å². The van der Waals surface area contributed by atoms with Crippen LogP contribution in [0.4, 0.5) is 0 Å². The van der Waals surface area contributed by atoms with Gasteiger partial charge in [0.15, 0.2) is 5.78 Å². The smallest absolute Gasteiger partial charge is 0.167 e. The van der Waals surface area contributed by atoms with Gasteiger partial charge in [0, 0.05) is 11.5 Å². The van der Waals surface area contributed by atoms with Gasteiger partial charge >= 0.3 is 0 Å². The molecule has 1 saturated heterocycles. The topological polar surface area (TPSA) is 29.1 Å². The van der Waals surface area contributed by atoms with E-state index in [1.54, 1.807) is 12.1 Å². The number of hydrogen-bond acceptors (Lipinski definition) is 2. The van der Waals surface area contributed by atoms with Crippen LogP contribution in [0.5, 0.6) is 0 Å². The second-order valence-corrected chi connectivity index (χ2v) is 5.27. The molecule has 0 amide bonds. The van der Waals surface area contributed by atoms with Crippen molar-refractivity contribution in [1.29, 1.82) is 0 Å². The summed E-state index contributed by atoms with van der Waals surface area (Å²) in [5.41, 5.74) is 0.480. The van der Waals surface area contributed by atoms with Gasteiger partial charge in [-0.2, -0.15) is 0 Å². The van der Waals surface area contributed by atoms with Crippen molar-refractivity contribution in [3.05, 3.63) is 32.8 Å². The van der Waals surface area contributed by atoms with Crippen molar-refractivity contribution in [3.8, 4) is 0 Å². The lowest BCUT2D eigenvalue weighted by Crippen LogP contribution is -2.32. The second kappa shape index (κ2) is 5.57. The highest BCUT2D eigenvalue weighted by molar-refractivity contribution is 6.49. The zero-order valence-corrected chi connectivity index (χ0v) is 11.4. The Hall–Kier alpha value is -0.280. The lowest BCUT2D eigenvalue weighted by atomic mass is 9.89. The zero-order chi connectivity index (χ0) is 12.4. The van der Waals surface area contributed by atoms with Gasteiger partial charge in [0.2, 0.25) is 0 Å². The number of carbonyl (C=O) groups is 1. The van der Waals surface area contributed by atoms with Crippen LogP contribution in [0, 0.1) is 5.92 Å². The van der Waals surface area contributed by atoms with Gasteiger partial charge in [-0.1, -0.05) is 34.8 Å². The van der Waals surface area contributed by atoms with E-state index < -0.39 is 0 Å². The summed E-state index contributed by atoms with van der Waals surface area (Å²) < 4.78 is 0. The van der Waals surface area contributed by atoms with Crippen LogP contribution in [0.2, 0.25) is 15.1 Å². The molecule has 17 heavy (non-hydrogen) atoms. The summed E-state index contributed by atoms with van der Waals surface area (Å²) in [5.74, 6) is 0.0982. The van der Waals surface area contributed by atoms with Crippen molar-refractivity contribution in [2.45, 2.75) is 12.8 Å². The van der Waals surface area contributed by atoms with Crippen LogP contribution in [0.15, 0.2) is 12.1 Å². The molecule has 0 spiro atoms. The van der Waals surface area contributed by atoms with E-state index in [2.05, 4.69) is 5.32 Å². The highest BCUT2D eigenvalue weighted by Crippen LogP contribution is 2.34. The molecule has 92 valence electrons. The van der Waals surface area contributed by atoms with Gasteiger partial charge in [0.25, 0.3) is 0 Å². The highest BCUT2D eigenvalue weighted by atomic mass is 35.5. The molecule has 1 aliphatic rings.